The average molecular weight is 442 g/mol. The Morgan fingerprint density at radius 1 is 1.10 bits per heavy atom. The maximum atomic E-state index is 13.3. The van der Waals surface area contributed by atoms with Crippen LogP contribution in [-0.4, -0.2) is 47.7 Å². The number of anilines is 1. The Kier molecular flexibility index (Phi) is 4.85. The zero-order chi connectivity index (χ0) is 21.7. The molecule has 31 heavy (non-hydrogen) atoms. The molecule has 160 valence electrons. The van der Waals surface area contributed by atoms with Crippen LogP contribution in [0.2, 0.25) is 5.02 Å². The van der Waals surface area contributed by atoms with Gasteiger partial charge in [0, 0.05) is 38.1 Å². The molecule has 1 saturated heterocycles. The summed E-state index contributed by atoms with van der Waals surface area (Å²) in [5, 5.41) is 0.633. The number of hydrogen-bond acceptors (Lipinski definition) is 4. The zero-order valence-electron chi connectivity index (χ0n) is 17.0. The second kappa shape index (κ2) is 7.57. The molecular formula is C23H21ClFN3O3. The summed E-state index contributed by atoms with van der Waals surface area (Å²) < 4.78 is 20.9. The summed E-state index contributed by atoms with van der Waals surface area (Å²) >= 11 is 6.36. The fourth-order valence-corrected chi connectivity index (χ4v) is 4.61. The summed E-state index contributed by atoms with van der Waals surface area (Å²) in [5.74, 6) is 0.0250. The van der Waals surface area contributed by atoms with E-state index in [9.17, 15) is 14.0 Å². The second-order valence-corrected chi connectivity index (χ2v) is 8.38. The lowest BCUT2D eigenvalue weighted by Gasteiger charge is -2.36. The van der Waals surface area contributed by atoms with Crippen molar-refractivity contribution in [3.05, 3.63) is 69.2 Å². The van der Waals surface area contributed by atoms with E-state index in [2.05, 4.69) is 4.90 Å². The van der Waals surface area contributed by atoms with Gasteiger partial charge < -0.3 is 19.1 Å². The van der Waals surface area contributed by atoms with Crippen LogP contribution in [-0.2, 0) is 6.54 Å². The molecule has 3 aromatic rings. The number of piperazine rings is 1. The van der Waals surface area contributed by atoms with Crippen LogP contribution in [0.15, 0.2) is 47.4 Å². The fourth-order valence-electron chi connectivity index (χ4n) is 4.37. The Hall–Kier alpha value is -3.06. The predicted octanol–water partition coefficient (Wildman–Crippen LogP) is 3.54. The van der Waals surface area contributed by atoms with Gasteiger partial charge in [-0.05, 0) is 43.3 Å². The lowest BCUT2D eigenvalue weighted by Crippen LogP contribution is -2.49. The third-order valence-electron chi connectivity index (χ3n) is 5.90. The molecule has 8 heteroatoms. The van der Waals surface area contributed by atoms with Crippen LogP contribution in [0.5, 0.6) is 5.75 Å². The minimum Gasteiger partial charge on any atom is -0.487 e. The third kappa shape index (κ3) is 3.43. The van der Waals surface area contributed by atoms with Gasteiger partial charge in [0.05, 0.1) is 22.5 Å². The van der Waals surface area contributed by atoms with Gasteiger partial charge in [-0.3, -0.25) is 9.59 Å². The normalized spacial score (nSPS) is 18.2. The minimum absolute atomic E-state index is 0.0819. The topological polar surface area (TPSA) is 54.8 Å². The van der Waals surface area contributed by atoms with Gasteiger partial charge in [-0.15, -0.1) is 0 Å². The van der Waals surface area contributed by atoms with Crippen molar-refractivity contribution in [3.8, 4) is 5.75 Å². The number of benzene rings is 2. The number of pyridine rings is 1. The molecule has 1 fully saturated rings. The quantitative estimate of drug-likeness (QED) is 0.610. The lowest BCUT2D eigenvalue weighted by atomic mass is 10.1. The highest BCUT2D eigenvalue weighted by molar-refractivity contribution is 6.35. The van der Waals surface area contributed by atoms with Crippen molar-refractivity contribution in [3.63, 3.8) is 0 Å². The molecule has 2 aliphatic heterocycles. The Morgan fingerprint density at radius 3 is 2.52 bits per heavy atom. The van der Waals surface area contributed by atoms with E-state index in [1.54, 1.807) is 35.4 Å². The first-order chi connectivity index (χ1) is 14.9. The number of rotatable bonds is 2. The fraction of sp³-hybridized carbons (Fsp3) is 0.304. The minimum atomic E-state index is -0.373. The van der Waals surface area contributed by atoms with Crippen LogP contribution in [0.3, 0.4) is 0 Å². The number of hydrogen-bond donors (Lipinski definition) is 0. The van der Waals surface area contributed by atoms with E-state index in [1.807, 2.05) is 11.5 Å². The van der Waals surface area contributed by atoms with E-state index < -0.39 is 0 Å². The van der Waals surface area contributed by atoms with E-state index >= 15 is 0 Å². The van der Waals surface area contributed by atoms with Crippen molar-refractivity contribution in [2.75, 3.05) is 31.1 Å². The van der Waals surface area contributed by atoms with Crippen LogP contribution in [0.1, 0.15) is 17.3 Å². The van der Waals surface area contributed by atoms with Gasteiger partial charge in [-0.25, -0.2) is 4.39 Å². The standard InChI is InChI=1S/C23H21ClFN3O3/c1-14-12-28-13-17(22(29)20-18(24)6-7-19(31-14)21(20)28)23(30)27-10-8-26(9-11-27)16-4-2-15(25)3-5-16/h2-7,13-14H,8-12H2,1H3/t14-/m1/s1. The van der Waals surface area contributed by atoms with E-state index in [0.29, 0.717) is 54.4 Å². The molecule has 0 saturated carbocycles. The van der Waals surface area contributed by atoms with Crippen molar-refractivity contribution in [1.82, 2.24) is 9.47 Å². The predicted molar refractivity (Wildman–Crippen MR) is 118 cm³/mol. The first-order valence-electron chi connectivity index (χ1n) is 10.2. The summed E-state index contributed by atoms with van der Waals surface area (Å²) in [7, 11) is 0. The Labute approximate surface area is 183 Å². The lowest BCUT2D eigenvalue weighted by molar-refractivity contribution is 0.0744. The molecule has 1 amide bonds. The molecule has 0 spiro atoms. The van der Waals surface area contributed by atoms with Gasteiger partial charge in [0.15, 0.2) is 0 Å². The molecule has 1 aromatic heterocycles. The number of ether oxygens (including phenoxy) is 1. The van der Waals surface area contributed by atoms with Crippen molar-refractivity contribution in [2.45, 2.75) is 19.6 Å². The molecule has 5 rings (SSSR count). The number of nitrogens with zero attached hydrogens (tertiary/aromatic N) is 3. The van der Waals surface area contributed by atoms with Crippen LogP contribution in [0, 0.1) is 5.82 Å². The summed E-state index contributed by atoms with van der Waals surface area (Å²) in [4.78, 5) is 30.3. The molecule has 6 nitrogen and oxygen atoms in total. The number of carbonyl (C=O) groups is 1. The van der Waals surface area contributed by atoms with E-state index in [0.717, 1.165) is 5.69 Å². The Balaban J connectivity index is 1.45. The molecule has 2 aliphatic rings. The molecule has 0 aliphatic carbocycles. The van der Waals surface area contributed by atoms with Crippen molar-refractivity contribution in [1.29, 1.82) is 0 Å². The highest BCUT2D eigenvalue weighted by atomic mass is 35.5. The number of amides is 1. The van der Waals surface area contributed by atoms with Crippen molar-refractivity contribution < 1.29 is 13.9 Å². The van der Waals surface area contributed by atoms with E-state index in [1.165, 1.54) is 12.1 Å². The number of aromatic nitrogens is 1. The van der Waals surface area contributed by atoms with Gasteiger partial charge in [-0.1, -0.05) is 11.6 Å². The number of carbonyl (C=O) groups excluding carboxylic acids is 1. The van der Waals surface area contributed by atoms with Crippen LogP contribution in [0.4, 0.5) is 10.1 Å². The summed E-state index contributed by atoms with van der Waals surface area (Å²) in [6.45, 7) is 4.63. The first kappa shape index (κ1) is 19.9. The Bertz CT molecular complexity index is 1230. The highest BCUT2D eigenvalue weighted by Crippen LogP contribution is 2.33. The van der Waals surface area contributed by atoms with E-state index in [4.69, 9.17) is 16.3 Å². The van der Waals surface area contributed by atoms with Gasteiger partial charge in [0.1, 0.15) is 23.2 Å². The zero-order valence-corrected chi connectivity index (χ0v) is 17.7. The maximum Gasteiger partial charge on any atom is 0.259 e. The molecule has 2 aromatic carbocycles. The van der Waals surface area contributed by atoms with Gasteiger partial charge in [-0.2, -0.15) is 0 Å². The van der Waals surface area contributed by atoms with Gasteiger partial charge in [0.25, 0.3) is 5.91 Å². The van der Waals surface area contributed by atoms with Crippen LogP contribution >= 0.6 is 11.6 Å². The largest absolute Gasteiger partial charge is 0.487 e. The monoisotopic (exact) mass is 441 g/mol. The maximum absolute atomic E-state index is 13.3. The molecule has 0 N–H and O–H groups in total. The summed E-state index contributed by atoms with van der Waals surface area (Å²) in [5.41, 5.74) is 1.29. The molecule has 0 bridgehead atoms. The van der Waals surface area contributed by atoms with Crippen molar-refractivity contribution in [2.24, 2.45) is 0 Å². The summed E-state index contributed by atoms with van der Waals surface area (Å²) in [6, 6.07) is 9.71. The SMILES string of the molecule is C[C@@H]1Cn2cc(C(=O)N3CCN(c4ccc(F)cc4)CC3)c(=O)c3c(Cl)ccc(c32)O1. The first-order valence-corrected chi connectivity index (χ1v) is 10.6. The van der Waals surface area contributed by atoms with Gasteiger partial charge in [0.2, 0.25) is 5.43 Å². The van der Waals surface area contributed by atoms with Crippen molar-refractivity contribution >= 4 is 34.1 Å². The van der Waals surface area contributed by atoms with Crippen LogP contribution in [0.25, 0.3) is 10.9 Å². The Morgan fingerprint density at radius 2 is 1.81 bits per heavy atom. The molecule has 3 heterocycles. The smallest absolute Gasteiger partial charge is 0.259 e. The molecule has 0 unspecified atom stereocenters. The average Bonchev–Trinajstić information content (AvgIpc) is 2.77. The molecule has 1 atom stereocenters. The highest BCUT2D eigenvalue weighted by Gasteiger charge is 2.28. The van der Waals surface area contributed by atoms with Gasteiger partial charge >= 0.3 is 0 Å². The van der Waals surface area contributed by atoms with E-state index in [-0.39, 0.29) is 28.8 Å². The van der Waals surface area contributed by atoms with Crippen LogP contribution < -0.4 is 15.1 Å². The molecular weight excluding hydrogens is 421 g/mol. The number of halogens is 2. The summed E-state index contributed by atoms with van der Waals surface area (Å²) in [6.07, 6.45) is 1.56. The molecule has 0 radical (unpaired) electrons. The second-order valence-electron chi connectivity index (χ2n) is 7.98. The third-order valence-corrected chi connectivity index (χ3v) is 6.22.